The number of hydrogen-bond acceptors (Lipinski definition) is 9. The molecule has 162 valence electrons. The maximum Gasteiger partial charge on any atom is 0.357 e. The van der Waals surface area contributed by atoms with E-state index in [0.717, 1.165) is 10.8 Å². The monoisotopic (exact) mass is 426 g/mol. The molecule has 3 heterocycles. The Labute approximate surface area is 178 Å². The molecule has 0 saturated carbocycles. The lowest BCUT2D eigenvalue weighted by Gasteiger charge is -2.08. The van der Waals surface area contributed by atoms with Gasteiger partial charge in [0, 0.05) is 10.8 Å². The van der Waals surface area contributed by atoms with Crippen LogP contribution in [0.25, 0.3) is 21.8 Å². The van der Waals surface area contributed by atoms with Crippen LogP contribution in [0.3, 0.4) is 0 Å². The lowest BCUT2D eigenvalue weighted by Crippen LogP contribution is -2.15. The normalized spacial score (nSPS) is 17.5. The first-order chi connectivity index (χ1) is 15.2. The van der Waals surface area contributed by atoms with Gasteiger partial charge in [-0.25, -0.2) is 19.6 Å². The van der Waals surface area contributed by atoms with Gasteiger partial charge in [-0.05, 0) is 12.1 Å². The number of rotatable bonds is 0. The Hall–Kier alpha value is -3.14. The van der Waals surface area contributed by atoms with E-state index in [9.17, 15) is 9.59 Å². The van der Waals surface area contributed by atoms with Crippen molar-refractivity contribution in [3.05, 3.63) is 47.8 Å². The van der Waals surface area contributed by atoms with Gasteiger partial charge in [-0.15, -0.1) is 0 Å². The molecule has 0 amide bonds. The molecule has 0 atom stereocenters. The quantitative estimate of drug-likeness (QED) is 0.395. The zero-order valence-electron chi connectivity index (χ0n) is 16.9. The van der Waals surface area contributed by atoms with E-state index < -0.39 is 11.9 Å². The Morgan fingerprint density at radius 3 is 1.29 bits per heavy atom. The minimum absolute atomic E-state index is 0.103. The number of fused-ring (bicyclic) bond motifs is 2. The Bertz CT molecular complexity index is 1000. The maximum atomic E-state index is 12.4. The summed E-state index contributed by atoms with van der Waals surface area (Å²) in [6.45, 7) is 2.27. The van der Waals surface area contributed by atoms with Crippen LogP contribution in [-0.2, 0) is 23.7 Å². The van der Waals surface area contributed by atoms with Crippen molar-refractivity contribution in [1.29, 1.82) is 0 Å². The first-order valence-corrected chi connectivity index (χ1v) is 10.0. The van der Waals surface area contributed by atoms with Crippen LogP contribution in [0.5, 0.6) is 0 Å². The third-order valence-electron chi connectivity index (χ3n) is 4.60. The van der Waals surface area contributed by atoms with Crippen LogP contribution in [0.15, 0.2) is 36.4 Å². The van der Waals surface area contributed by atoms with Gasteiger partial charge >= 0.3 is 11.9 Å². The van der Waals surface area contributed by atoms with Crippen LogP contribution in [0, 0.1) is 0 Å². The molecule has 0 saturated heterocycles. The number of pyridine rings is 2. The van der Waals surface area contributed by atoms with Crippen molar-refractivity contribution in [3.8, 4) is 0 Å². The number of benzene rings is 1. The summed E-state index contributed by atoms with van der Waals surface area (Å²) < 4.78 is 26.6. The Morgan fingerprint density at radius 2 is 0.871 bits per heavy atom. The summed E-state index contributed by atoms with van der Waals surface area (Å²) in [6.07, 6.45) is 0. The van der Waals surface area contributed by atoms with Crippen molar-refractivity contribution in [1.82, 2.24) is 9.97 Å². The summed E-state index contributed by atoms with van der Waals surface area (Å²) in [5.74, 6) is -1.12. The van der Waals surface area contributed by atoms with Gasteiger partial charge < -0.3 is 23.7 Å². The molecule has 4 rings (SSSR count). The molecular formula is C22H22N2O7. The number of aromatic nitrogens is 2. The molecule has 1 aliphatic rings. The van der Waals surface area contributed by atoms with E-state index in [4.69, 9.17) is 23.7 Å². The number of esters is 2. The van der Waals surface area contributed by atoms with Gasteiger partial charge in [0.2, 0.25) is 0 Å². The Kier molecular flexibility index (Phi) is 6.98. The highest BCUT2D eigenvalue weighted by atomic mass is 16.6. The van der Waals surface area contributed by atoms with Gasteiger partial charge in [0.1, 0.15) is 24.6 Å². The summed E-state index contributed by atoms with van der Waals surface area (Å²) in [7, 11) is 0. The standard InChI is InChI=1S/C22H22N2O7/c25-21-17-5-3-15-1-2-16-4-6-18(24-20(16)19(15)23-17)22(26)31-14-12-29-10-8-27-7-9-28-11-13-30-21/h1-6H,7-14H2. The van der Waals surface area contributed by atoms with E-state index in [1.54, 1.807) is 24.3 Å². The van der Waals surface area contributed by atoms with Crippen molar-refractivity contribution in [2.24, 2.45) is 0 Å². The SMILES string of the molecule is O=C1OCCOCCOCCOCCOC(=O)c2ccc3ccc4ccc1nc4c3n2. The topological polar surface area (TPSA) is 106 Å². The van der Waals surface area contributed by atoms with Crippen LogP contribution in [0.4, 0.5) is 0 Å². The second-order valence-corrected chi connectivity index (χ2v) is 6.71. The van der Waals surface area contributed by atoms with E-state index in [1.165, 1.54) is 0 Å². The van der Waals surface area contributed by atoms with Crippen molar-refractivity contribution in [3.63, 3.8) is 0 Å². The van der Waals surface area contributed by atoms with E-state index in [2.05, 4.69) is 9.97 Å². The maximum absolute atomic E-state index is 12.4. The summed E-state index contributed by atoms with van der Waals surface area (Å²) >= 11 is 0. The number of cyclic esters (lactones) is 2. The summed E-state index contributed by atoms with van der Waals surface area (Å²) in [5.41, 5.74) is 1.32. The third kappa shape index (κ3) is 5.32. The third-order valence-corrected chi connectivity index (χ3v) is 4.60. The van der Waals surface area contributed by atoms with Crippen LogP contribution >= 0.6 is 0 Å². The molecule has 0 unspecified atom stereocenters. The van der Waals surface area contributed by atoms with Crippen molar-refractivity contribution in [2.75, 3.05) is 52.9 Å². The van der Waals surface area contributed by atoms with Crippen LogP contribution in [0.1, 0.15) is 21.0 Å². The molecule has 31 heavy (non-hydrogen) atoms. The molecule has 2 aromatic heterocycles. The first-order valence-electron chi connectivity index (χ1n) is 10.0. The van der Waals surface area contributed by atoms with Crippen LogP contribution < -0.4 is 0 Å². The van der Waals surface area contributed by atoms with Gasteiger partial charge in [0.25, 0.3) is 0 Å². The minimum Gasteiger partial charge on any atom is -0.459 e. The van der Waals surface area contributed by atoms with Crippen molar-refractivity contribution >= 4 is 33.7 Å². The molecule has 0 spiro atoms. The molecule has 0 radical (unpaired) electrons. The number of hydrogen-bond donors (Lipinski definition) is 0. The molecule has 3 aromatic rings. The van der Waals surface area contributed by atoms with Crippen LogP contribution in [-0.4, -0.2) is 74.8 Å². The fraction of sp³-hybridized carbons (Fsp3) is 0.364. The van der Waals surface area contributed by atoms with E-state index in [0.29, 0.717) is 37.5 Å². The smallest absolute Gasteiger partial charge is 0.357 e. The molecule has 1 aromatic carbocycles. The van der Waals surface area contributed by atoms with E-state index >= 15 is 0 Å². The first kappa shape index (κ1) is 21.1. The highest BCUT2D eigenvalue weighted by Gasteiger charge is 2.15. The number of ether oxygens (including phenoxy) is 5. The van der Waals surface area contributed by atoms with Gasteiger partial charge in [0.15, 0.2) is 0 Å². The predicted molar refractivity (Wildman–Crippen MR) is 110 cm³/mol. The fourth-order valence-electron chi connectivity index (χ4n) is 3.07. The molecule has 0 N–H and O–H groups in total. The van der Waals surface area contributed by atoms with Crippen molar-refractivity contribution in [2.45, 2.75) is 0 Å². The van der Waals surface area contributed by atoms with E-state index in [-0.39, 0.29) is 37.8 Å². The zero-order valence-corrected chi connectivity index (χ0v) is 16.9. The lowest BCUT2D eigenvalue weighted by atomic mass is 10.1. The molecule has 0 fully saturated rings. The van der Waals surface area contributed by atoms with Gasteiger partial charge in [-0.3, -0.25) is 0 Å². The second kappa shape index (κ2) is 10.3. The fourth-order valence-corrected chi connectivity index (χ4v) is 3.07. The number of nitrogens with zero attached hydrogens (tertiary/aromatic N) is 2. The van der Waals surface area contributed by atoms with E-state index in [1.807, 2.05) is 12.1 Å². The largest absolute Gasteiger partial charge is 0.459 e. The van der Waals surface area contributed by atoms with Gasteiger partial charge in [-0.2, -0.15) is 0 Å². The zero-order chi connectivity index (χ0) is 21.5. The van der Waals surface area contributed by atoms with Gasteiger partial charge in [-0.1, -0.05) is 24.3 Å². The van der Waals surface area contributed by atoms with Crippen LogP contribution in [0.2, 0.25) is 0 Å². The molecule has 1 aliphatic heterocycles. The van der Waals surface area contributed by atoms with Crippen molar-refractivity contribution < 1.29 is 33.3 Å². The number of carbonyl (C=O) groups is 2. The molecule has 0 aliphatic carbocycles. The average Bonchev–Trinajstić information content (AvgIpc) is 2.80. The highest BCUT2D eigenvalue weighted by molar-refractivity contribution is 6.05. The summed E-state index contributed by atoms with van der Waals surface area (Å²) in [4.78, 5) is 33.7. The second-order valence-electron chi connectivity index (χ2n) is 6.71. The summed E-state index contributed by atoms with van der Waals surface area (Å²) in [5, 5.41) is 1.58. The molecule has 4 bridgehead atoms. The molecular weight excluding hydrogens is 404 g/mol. The Morgan fingerprint density at radius 1 is 0.516 bits per heavy atom. The minimum atomic E-state index is -0.558. The van der Waals surface area contributed by atoms with Gasteiger partial charge in [0.05, 0.1) is 50.7 Å². The highest BCUT2D eigenvalue weighted by Crippen LogP contribution is 2.23. The summed E-state index contributed by atoms with van der Waals surface area (Å²) in [6, 6.07) is 10.5. The Balaban J connectivity index is 1.63. The predicted octanol–water partition coefficient (Wildman–Crippen LogP) is 2.16. The number of carbonyl (C=O) groups excluding carboxylic acids is 2. The molecule has 9 nitrogen and oxygen atoms in total. The molecule has 9 heteroatoms. The average molecular weight is 426 g/mol. The lowest BCUT2D eigenvalue weighted by molar-refractivity contribution is -0.00690.